The van der Waals surface area contributed by atoms with E-state index in [0.29, 0.717) is 33.6 Å². The van der Waals surface area contributed by atoms with Crippen LogP contribution in [-0.4, -0.2) is 27.0 Å². The van der Waals surface area contributed by atoms with E-state index in [2.05, 4.69) is 0 Å². The van der Waals surface area contributed by atoms with Crippen molar-refractivity contribution in [1.29, 1.82) is 0 Å². The van der Waals surface area contributed by atoms with Gasteiger partial charge in [-0.25, -0.2) is 4.79 Å². The third-order valence-electron chi connectivity index (χ3n) is 3.69. The van der Waals surface area contributed by atoms with Crippen molar-refractivity contribution in [2.24, 2.45) is 0 Å². The second-order valence-electron chi connectivity index (χ2n) is 5.37. The average molecular weight is 377 g/mol. The molecule has 0 spiro atoms. The summed E-state index contributed by atoms with van der Waals surface area (Å²) in [4.78, 5) is 11.9. The van der Waals surface area contributed by atoms with Gasteiger partial charge in [-0.2, -0.15) is 0 Å². The maximum Gasteiger partial charge on any atom is 0.331 e. The van der Waals surface area contributed by atoms with Crippen LogP contribution in [0.3, 0.4) is 0 Å². The number of fused-ring (bicyclic) bond motifs is 1. The molecule has 0 N–H and O–H groups in total. The van der Waals surface area contributed by atoms with Crippen molar-refractivity contribution in [3.63, 3.8) is 0 Å². The molecule has 1 heterocycles. The molecule has 0 fully saturated rings. The molecule has 0 atom stereocenters. The van der Waals surface area contributed by atoms with E-state index in [1.165, 1.54) is 6.08 Å². The molecule has 6 nitrogen and oxygen atoms in total. The zero-order valence-corrected chi connectivity index (χ0v) is 15.0. The van der Waals surface area contributed by atoms with Crippen LogP contribution in [0.1, 0.15) is 11.1 Å². The Morgan fingerprint density at radius 2 is 1.96 bits per heavy atom. The summed E-state index contributed by atoms with van der Waals surface area (Å²) in [6, 6.07) is 8.75. The molecule has 0 amide bonds. The van der Waals surface area contributed by atoms with Gasteiger partial charge in [0.15, 0.2) is 23.0 Å². The maximum atomic E-state index is 11.9. The molecule has 0 aliphatic carbocycles. The molecule has 0 radical (unpaired) electrons. The molecule has 7 heteroatoms. The third-order valence-corrected chi connectivity index (χ3v) is 3.97. The lowest BCUT2D eigenvalue weighted by atomic mass is 10.2. The minimum atomic E-state index is -0.478. The second-order valence-corrected chi connectivity index (χ2v) is 5.77. The van der Waals surface area contributed by atoms with Crippen LogP contribution in [0.2, 0.25) is 5.02 Å². The highest BCUT2D eigenvalue weighted by Crippen LogP contribution is 2.39. The Morgan fingerprint density at radius 3 is 2.73 bits per heavy atom. The fourth-order valence-corrected chi connectivity index (χ4v) is 2.72. The Morgan fingerprint density at radius 1 is 1.15 bits per heavy atom. The van der Waals surface area contributed by atoms with Crippen LogP contribution in [-0.2, 0) is 16.1 Å². The molecule has 0 saturated heterocycles. The number of hydrogen-bond donors (Lipinski definition) is 0. The van der Waals surface area contributed by atoms with Crippen molar-refractivity contribution < 1.29 is 28.5 Å². The van der Waals surface area contributed by atoms with Crippen LogP contribution in [0.15, 0.2) is 36.4 Å². The van der Waals surface area contributed by atoms with Crippen LogP contribution in [0.4, 0.5) is 0 Å². The SMILES string of the molecule is COc1ccc(C=CC(=O)OCc2cc(Cl)c3c(c2)OCO3)cc1OC. The normalized spacial score (nSPS) is 12.3. The molecule has 3 rings (SSSR count). The predicted octanol–water partition coefficient (Wildman–Crippen LogP) is 3.84. The first-order chi connectivity index (χ1) is 12.6. The summed E-state index contributed by atoms with van der Waals surface area (Å²) >= 11 is 6.10. The molecule has 0 bridgehead atoms. The molecule has 2 aromatic carbocycles. The van der Waals surface area contributed by atoms with Crippen LogP contribution in [0.25, 0.3) is 6.08 Å². The van der Waals surface area contributed by atoms with Gasteiger partial charge in [0.05, 0.1) is 19.2 Å². The second kappa shape index (κ2) is 8.01. The van der Waals surface area contributed by atoms with Gasteiger partial charge in [-0.05, 0) is 41.5 Å². The van der Waals surface area contributed by atoms with E-state index in [4.69, 9.17) is 35.3 Å². The molecular formula is C19H17ClO6. The Hall–Kier alpha value is -2.86. The van der Waals surface area contributed by atoms with E-state index in [1.54, 1.807) is 44.6 Å². The van der Waals surface area contributed by atoms with Crippen molar-refractivity contribution in [3.8, 4) is 23.0 Å². The highest BCUT2D eigenvalue weighted by atomic mass is 35.5. The Labute approximate surface area is 155 Å². The van der Waals surface area contributed by atoms with Crippen LogP contribution < -0.4 is 18.9 Å². The number of ether oxygens (including phenoxy) is 5. The molecule has 0 unspecified atom stereocenters. The van der Waals surface area contributed by atoms with Gasteiger partial charge in [0.25, 0.3) is 0 Å². The van der Waals surface area contributed by atoms with Crippen molar-refractivity contribution in [1.82, 2.24) is 0 Å². The number of methoxy groups -OCH3 is 2. The summed E-state index contributed by atoms with van der Waals surface area (Å²) in [5, 5.41) is 0.423. The Balaban J connectivity index is 1.61. The summed E-state index contributed by atoms with van der Waals surface area (Å²) in [7, 11) is 3.11. The van der Waals surface area contributed by atoms with Crippen molar-refractivity contribution in [2.45, 2.75) is 6.61 Å². The first kappa shape index (κ1) is 17.9. The van der Waals surface area contributed by atoms with Gasteiger partial charge in [0.2, 0.25) is 6.79 Å². The van der Waals surface area contributed by atoms with E-state index in [1.807, 2.05) is 6.07 Å². The van der Waals surface area contributed by atoms with Crippen molar-refractivity contribution in [3.05, 3.63) is 52.6 Å². The number of hydrogen-bond acceptors (Lipinski definition) is 6. The summed E-state index contributed by atoms with van der Waals surface area (Å²) in [5.41, 5.74) is 1.50. The molecule has 2 aromatic rings. The van der Waals surface area contributed by atoms with Gasteiger partial charge in [0.1, 0.15) is 6.61 Å². The molecule has 1 aliphatic rings. The fraction of sp³-hybridized carbons (Fsp3) is 0.211. The first-order valence-corrected chi connectivity index (χ1v) is 8.13. The summed E-state index contributed by atoms with van der Waals surface area (Å²) in [6.45, 7) is 0.206. The van der Waals surface area contributed by atoms with Crippen molar-refractivity contribution >= 4 is 23.6 Å². The maximum absolute atomic E-state index is 11.9. The fourth-order valence-electron chi connectivity index (χ4n) is 2.43. The van der Waals surface area contributed by atoms with Crippen LogP contribution >= 0.6 is 11.6 Å². The zero-order chi connectivity index (χ0) is 18.5. The minimum Gasteiger partial charge on any atom is -0.493 e. The molecule has 26 heavy (non-hydrogen) atoms. The van der Waals surface area contributed by atoms with Gasteiger partial charge in [0, 0.05) is 6.08 Å². The number of rotatable bonds is 6. The molecule has 136 valence electrons. The van der Waals surface area contributed by atoms with E-state index < -0.39 is 5.97 Å². The largest absolute Gasteiger partial charge is 0.493 e. The average Bonchev–Trinajstić information content (AvgIpc) is 3.13. The van der Waals surface area contributed by atoms with Crippen molar-refractivity contribution in [2.75, 3.05) is 21.0 Å². The lowest BCUT2D eigenvalue weighted by Gasteiger charge is -2.07. The van der Waals surface area contributed by atoms with Gasteiger partial charge in [-0.1, -0.05) is 17.7 Å². The number of carbonyl (C=O) groups excluding carboxylic acids is 1. The summed E-state index contributed by atoms with van der Waals surface area (Å²) in [5.74, 6) is 1.78. The van der Waals surface area contributed by atoms with E-state index >= 15 is 0 Å². The zero-order valence-electron chi connectivity index (χ0n) is 14.3. The summed E-state index contributed by atoms with van der Waals surface area (Å²) in [6.07, 6.45) is 2.98. The number of carbonyl (C=O) groups is 1. The van der Waals surface area contributed by atoms with Gasteiger partial charge < -0.3 is 23.7 Å². The predicted molar refractivity (Wildman–Crippen MR) is 96.0 cm³/mol. The van der Waals surface area contributed by atoms with E-state index in [9.17, 15) is 4.79 Å². The molecule has 0 aromatic heterocycles. The first-order valence-electron chi connectivity index (χ1n) is 7.75. The monoisotopic (exact) mass is 376 g/mol. The smallest absolute Gasteiger partial charge is 0.331 e. The Kier molecular flexibility index (Phi) is 5.53. The lowest BCUT2D eigenvalue weighted by molar-refractivity contribution is -0.138. The standard InChI is InChI=1S/C19H17ClO6/c1-22-15-5-3-12(8-16(15)23-2)4-6-18(21)24-10-13-7-14(20)19-17(9-13)25-11-26-19/h3-9H,10-11H2,1-2H3. The molecule has 1 aliphatic heterocycles. The highest BCUT2D eigenvalue weighted by Gasteiger charge is 2.18. The topological polar surface area (TPSA) is 63.2 Å². The van der Waals surface area contributed by atoms with Crippen LogP contribution in [0.5, 0.6) is 23.0 Å². The molecule has 0 saturated carbocycles. The minimum absolute atomic E-state index is 0.0749. The van der Waals surface area contributed by atoms with Gasteiger partial charge in [-0.15, -0.1) is 0 Å². The third kappa shape index (κ3) is 4.03. The Bertz CT molecular complexity index is 846. The summed E-state index contributed by atoms with van der Waals surface area (Å²) < 4.78 is 26.2. The molecular weight excluding hydrogens is 360 g/mol. The van der Waals surface area contributed by atoms with Gasteiger partial charge in [-0.3, -0.25) is 0 Å². The van der Waals surface area contributed by atoms with Gasteiger partial charge >= 0.3 is 5.97 Å². The number of benzene rings is 2. The number of halogens is 1. The van der Waals surface area contributed by atoms with E-state index in [-0.39, 0.29) is 13.4 Å². The quantitative estimate of drug-likeness (QED) is 0.563. The number of esters is 1. The van der Waals surface area contributed by atoms with E-state index in [0.717, 1.165) is 5.56 Å². The van der Waals surface area contributed by atoms with Crippen LogP contribution in [0, 0.1) is 0 Å². The highest BCUT2D eigenvalue weighted by molar-refractivity contribution is 6.32. The lowest BCUT2D eigenvalue weighted by Crippen LogP contribution is -2.01.